The summed E-state index contributed by atoms with van der Waals surface area (Å²) in [4.78, 5) is 35.5. The number of imide groups is 1. The molecule has 4 N–H and O–H groups in total. The Bertz CT molecular complexity index is 631. The summed E-state index contributed by atoms with van der Waals surface area (Å²) in [5.41, 5.74) is -0.00260. The molecule has 0 aromatic heterocycles. The highest BCUT2D eigenvalue weighted by atomic mass is 35.5. The number of benzene rings is 1. The number of hydrazone groups is 1. The Kier molecular flexibility index (Phi) is 5.10. The molecule has 1 aromatic rings. The van der Waals surface area contributed by atoms with E-state index in [-0.39, 0.29) is 12.4 Å². The van der Waals surface area contributed by atoms with Crippen LogP contribution in [0.5, 0.6) is 0 Å². The van der Waals surface area contributed by atoms with Gasteiger partial charge >= 0.3 is 12.0 Å². The SMILES string of the molecule is CC1(c2ccc(/C=N/N)cc2)NC(=O)N(CC(=O)O)C1=O.Cl. The maximum atomic E-state index is 12.3. The molecule has 1 unspecified atom stereocenters. The lowest BCUT2D eigenvalue weighted by Crippen LogP contribution is -2.41. The first-order valence-corrected chi connectivity index (χ1v) is 6.08. The molecule has 8 nitrogen and oxygen atoms in total. The number of hydrogen-bond acceptors (Lipinski definition) is 5. The number of carbonyl (C=O) groups is 3. The topological polar surface area (TPSA) is 125 Å². The molecule has 9 heteroatoms. The lowest BCUT2D eigenvalue weighted by Gasteiger charge is -2.22. The number of aliphatic carboxylic acids is 1. The van der Waals surface area contributed by atoms with Gasteiger partial charge in [0.2, 0.25) is 0 Å². The lowest BCUT2D eigenvalue weighted by molar-refractivity contribution is -0.142. The molecule has 0 bridgehead atoms. The Labute approximate surface area is 132 Å². The van der Waals surface area contributed by atoms with Crippen LogP contribution in [0.3, 0.4) is 0 Å². The van der Waals surface area contributed by atoms with Gasteiger partial charge in [-0.05, 0) is 18.1 Å². The van der Waals surface area contributed by atoms with Crippen LogP contribution in [0.2, 0.25) is 0 Å². The van der Waals surface area contributed by atoms with Gasteiger partial charge in [0.1, 0.15) is 12.1 Å². The second-order valence-electron chi connectivity index (χ2n) is 4.74. The summed E-state index contributed by atoms with van der Waals surface area (Å²) in [6, 6.07) is 5.96. The second-order valence-corrected chi connectivity index (χ2v) is 4.74. The van der Waals surface area contributed by atoms with E-state index in [0.29, 0.717) is 10.5 Å². The second kappa shape index (κ2) is 6.44. The van der Waals surface area contributed by atoms with Crippen LogP contribution in [-0.4, -0.2) is 40.7 Å². The van der Waals surface area contributed by atoms with Gasteiger partial charge in [0.25, 0.3) is 5.91 Å². The Morgan fingerprint density at radius 2 is 2.00 bits per heavy atom. The van der Waals surface area contributed by atoms with E-state index in [1.165, 1.54) is 13.1 Å². The molecule has 0 spiro atoms. The smallest absolute Gasteiger partial charge is 0.325 e. The Morgan fingerprint density at radius 3 is 2.50 bits per heavy atom. The van der Waals surface area contributed by atoms with Crippen LogP contribution < -0.4 is 11.2 Å². The lowest BCUT2D eigenvalue weighted by atomic mass is 9.91. The molecule has 1 aliphatic heterocycles. The number of carboxylic acids is 1. The summed E-state index contributed by atoms with van der Waals surface area (Å²) in [7, 11) is 0. The first kappa shape index (κ1) is 17.4. The number of carbonyl (C=O) groups excluding carboxylic acids is 2. The van der Waals surface area contributed by atoms with E-state index in [4.69, 9.17) is 10.9 Å². The van der Waals surface area contributed by atoms with Crippen molar-refractivity contribution in [3.63, 3.8) is 0 Å². The van der Waals surface area contributed by atoms with Gasteiger partial charge in [0.05, 0.1) is 6.21 Å². The molecule has 0 aliphatic carbocycles. The zero-order chi connectivity index (χ0) is 15.6. The standard InChI is InChI=1S/C13H14N4O4.ClH/c1-13(9-4-2-8(3-5-9)6-15-14)11(20)17(7-10(18)19)12(21)16-13;/h2-6H,7,14H2,1H3,(H,16,21)(H,18,19);1H/b15-6+;. The third-order valence-corrected chi connectivity index (χ3v) is 3.28. The van der Waals surface area contributed by atoms with Gasteiger partial charge in [-0.1, -0.05) is 24.3 Å². The molecule has 3 amide bonds. The number of urea groups is 1. The predicted octanol–water partition coefficient (Wildman–Crippen LogP) is 0.253. The van der Waals surface area contributed by atoms with Gasteiger partial charge in [-0.25, -0.2) is 4.79 Å². The fraction of sp³-hybridized carbons (Fsp3) is 0.231. The summed E-state index contributed by atoms with van der Waals surface area (Å²) < 4.78 is 0. The van der Waals surface area contributed by atoms with E-state index in [1.54, 1.807) is 24.3 Å². The number of carboxylic acid groups (broad SMARTS) is 1. The summed E-state index contributed by atoms with van der Waals surface area (Å²) in [6.07, 6.45) is 1.44. The summed E-state index contributed by atoms with van der Waals surface area (Å²) in [5, 5.41) is 14.7. The van der Waals surface area contributed by atoms with Crippen molar-refractivity contribution >= 4 is 36.5 Å². The minimum absolute atomic E-state index is 0. The number of hydrogen-bond donors (Lipinski definition) is 3. The van der Waals surface area contributed by atoms with Gasteiger partial charge in [-0.2, -0.15) is 5.10 Å². The van der Waals surface area contributed by atoms with Crippen molar-refractivity contribution in [2.45, 2.75) is 12.5 Å². The minimum atomic E-state index is -1.29. The molecule has 1 atom stereocenters. The number of nitrogens with one attached hydrogen (secondary N) is 1. The normalized spacial score (nSPS) is 20.9. The van der Waals surface area contributed by atoms with Gasteiger partial charge in [-0.3, -0.25) is 14.5 Å². The average molecular weight is 327 g/mol. The minimum Gasteiger partial charge on any atom is -0.480 e. The fourth-order valence-electron chi connectivity index (χ4n) is 2.16. The molecule has 0 saturated carbocycles. The maximum Gasteiger partial charge on any atom is 0.325 e. The van der Waals surface area contributed by atoms with Crippen LogP contribution in [0.25, 0.3) is 0 Å². The highest BCUT2D eigenvalue weighted by Crippen LogP contribution is 2.28. The number of rotatable bonds is 4. The van der Waals surface area contributed by atoms with Crippen molar-refractivity contribution in [2.75, 3.05) is 6.54 Å². The number of halogens is 1. The molecule has 1 aliphatic rings. The van der Waals surface area contributed by atoms with E-state index >= 15 is 0 Å². The van der Waals surface area contributed by atoms with Crippen LogP contribution in [0.1, 0.15) is 18.1 Å². The molecule has 22 heavy (non-hydrogen) atoms. The van der Waals surface area contributed by atoms with Crippen molar-refractivity contribution in [3.05, 3.63) is 35.4 Å². The van der Waals surface area contributed by atoms with Crippen molar-refractivity contribution in [1.82, 2.24) is 10.2 Å². The molecule has 2 rings (SSSR count). The number of nitrogens with two attached hydrogens (primary N) is 1. The molecule has 118 valence electrons. The average Bonchev–Trinajstić information content (AvgIpc) is 2.64. The van der Waals surface area contributed by atoms with E-state index in [2.05, 4.69) is 10.4 Å². The first-order chi connectivity index (χ1) is 9.88. The third kappa shape index (κ3) is 3.01. The Hall–Kier alpha value is -2.61. The van der Waals surface area contributed by atoms with Crippen molar-refractivity contribution in [2.24, 2.45) is 10.9 Å². The zero-order valence-electron chi connectivity index (χ0n) is 11.6. The van der Waals surface area contributed by atoms with Crippen LogP contribution in [0, 0.1) is 0 Å². The third-order valence-electron chi connectivity index (χ3n) is 3.28. The van der Waals surface area contributed by atoms with Crippen LogP contribution in [0.4, 0.5) is 4.79 Å². The number of nitrogens with zero attached hydrogens (tertiary/aromatic N) is 2. The summed E-state index contributed by atoms with van der Waals surface area (Å²) in [5.74, 6) is 3.19. The van der Waals surface area contributed by atoms with Crippen LogP contribution in [0.15, 0.2) is 29.4 Å². The molecule has 1 aromatic carbocycles. The summed E-state index contributed by atoms with van der Waals surface area (Å²) in [6.45, 7) is 0.860. The van der Waals surface area contributed by atoms with E-state index in [1.807, 2.05) is 0 Å². The molecule has 1 saturated heterocycles. The molecular weight excluding hydrogens is 312 g/mol. The number of amides is 3. The van der Waals surface area contributed by atoms with Gasteiger partial charge in [0, 0.05) is 0 Å². The van der Waals surface area contributed by atoms with Crippen LogP contribution >= 0.6 is 12.4 Å². The van der Waals surface area contributed by atoms with Crippen LogP contribution in [-0.2, 0) is 15.1 Å². The van der Waals surface area contributed by atoms with Crippen molar-refractivity contribution < 1.29 is 19.5 Å². The maximum absolute atomic E-state index is 12.3. The molecular formula is C13H15ClN4O4. The van der Waals surface area contributed by atoms with Crippen molar-refractivity contribution in [1.29, 1.82) is 0 Å². The van der Waals surface area contributed by atoms with E-state index in [9.17, 15) is 14.4 Å². The van der Waals surface area contributed by atoms with Gasteiger partial charge < -0.3 is 16.3 Å². The highest BCUT2D eigenvalue weighted by molar-refractivity contribution is 6.08. The van der Waals surface area contributed by atoms with Crippen molar-refractivity contribution in [3.8, 4) is 0 Å². The summed E-state index contributed by atoms with van der Waals surface area (Å²) >= 11 is 0. The Balaban J connectivity index is 0.00000242. The van der Waals surface area contributed by atoms with E-state index in [0.717, 1.165) is 5.56 Å². The predicted molar refractivity (Wildman–Crippen MR) is 80.7 cm³/mol. The zero-order valence-corrected chi connectivity index (χ0v) is 12.5. The van der Waals surface area contributed by atoms with E-state index < -0.39 is 30.0 Å². The Morgan fingerprint density at radius 1 is 1.41 bits per heavy atom. The molecule has 0 radical (unpaired) electrons. The highest BCUT2D eigenvalue weighted by Gasteiger charge is 2.49. The largest absolute Gasteiger partial charge is 0.480 e. The fourth-order valence-corrected chi connectivity index (χ4v) is 2.16. The van der Waals surface area contributed by atoms with Gasteiger partial charge in [0.15, 0.2) is 0 Å². The quantitative estimate of drug-likeness (QED) is 0.316. The molecule has 1 fully saturated rings. The first-order valence-electron chi connectivity index (χ1n) is 6.08. The van der Waals surface area contributed by atoms with Gasteiger partial charge in [-0.15, -0.1) is 12.4 Å². The molecule has 1 heterocycles. The monoisotopic (exact) mass is 326 g/mol.